The van der Waals surface area contributed by atoms with Gasteiger partial charge in [-0.1, -0.05) is 18.6 Å². The first-order valence-electron chi connectivity index (χ1n) is 12.8. The molecule has 0 bridgehead atoms. The quantitative estimate of drug-likeness (QED) is 0.324. The van der Waals surface area contributed by atoms with E-state index in [1.54, 1.807) is 0 Å². The molecule has 34 heavy (non-hydrogen) atoms. The number of nitrogens with zero attached hydrogens (tertiary/aromatic N) is 3. The predicted molar refractivity (Wildman–Crippen MR) is 140 cm³/mol. The second kappa shape index (κ2) is 9.59. The molecule has 4 aromatic rings. The lowest BCUT2D eigenvalue weighted by atomic mass is 9.83. The molecule has 2 fully saturated rings. The highest BCUT2D eigenvalue weighted by molar-refractivity contribution is 7.17. The second-order valence-corrected chi connectivity index (χ2v) is 10.9. The Hall–Kier alpha value is -2.57. The smallest absolute Gasteiger partial charge is 0.156 e. The molecule has 178 valence electrons. The molecule has 1 N–H and O–H groups in total. The summed E-state index contributed by atoms with van der Waals surface area (Å²) in [5, 5.41) is 5.58. The number of ether oxygens (including phenoxy) is 1. The van der Waals surface area contributed by atoms with Gasteiger partial charge in [0.1, 0.15) is 5.75 Å². The summed E-state index contributed by atoms with van der Waals surface area (Å²) >= 11 is 1.81. The maximum Gasteiger partial charge on any atom is 0.156 e. The third kappa shape index (κ3) is 4.29. The number of nitrogens with one attached hydrogen (secondary N) is 1. The Labute approximate surface area is 205 Å². The summed E-state index contributed by atoms with van der Waals surface area (Å²) in [5.74, 6) is 3.43. The minimum absolute atomic E-state index is 0.647. The lowest BCUT2D eigenvalue weighted by molar-refractivity contribution is 0.260. The number of aromatic nitrogens is 3. The third-order valence-electron chi connectivity index (χ3n) is 7.72. The Morgan fingerprint density at radius 1 is 1.15 bits per heavy atom. The molecule has 1 saturated carbocycles. The summed E-state index contributed by atoms with van der Waals surface area (Å²) in [6.45, 7) is 4.03. The highest BCUT2D eigenvalue weighted by Gasteiger charge is 2.26. The van der Waals surface area contributed by atoms with Gasteiger partial charge in [0.2, 0.25) is 0 Å². The molecule has 6 heteroatoms. The number of hydrogen-bond donors (Lipinski definition) is 1. The van der Waals surface area contributed by atoms with Gasteiger partial charge in [0, 0.05) is 43.9 Å². The largest absolute Gasteiger partial charge is 0.493 e. The van der Waals surface area contributed by atoms with Crippen LogP contribution >= 0.6 is 11.3 Å². The summed E-state index contributed by atoms with van der Waals surface area (Å²) in [4.78, 5) is 4.94. The number of fused-ring (bicyclic) bond motifs is 1. The fourth-order valence-corrected chi connectivity index (χ4v) is 6.24. The van der Waals surface area contributed by atoms with Crippen molar-refractivity contribution in [3.63, 3.8) is 0 Å². The molecule has 0 spiro atoms. The first-order chi connectivity index (χ1) is 16.8. The van der Waals surface area contributed by atoms with Gasteiger partial charge in [0.05, 0.1) is 22.5 Å². The van der Waals surface area contributed by atoms with Gasteiger partial charge in [0.25, 0.3) is 0 Å². The number of benzene rings is 1. The van der Waals surface area contributed by atoms with E-state index in [0.29, 0.717) is 11.8 Å². The molecule has 1 saturated heterocycles. The van der Waals surface area contributed by atoms with Crippen LogP contribution in [0.4, 0.5) is 0 Å². The normalized spacial score (nSPS) is 18.6. The summed E-state index contributed by atoms with van der Waals surface area (Å²) in [6.07, 6.45) is 9.48. The van der Waals surface area contributed by atoms with Gasteiger partial charge in [0.15, 0.2) is 5.82 Å². The minimum Gasteiger partial charge on any atom is -0.493 e. The van der Waals surface area contributed by atoms with Gasteiger partial charge in [-0.3, -0.25) is 0 Å². The van der Waals surface area contributed by atoms with Crippen LogP contribution in [0.3, 0.4) is 0 Å². The van der Waals surface area contributed by atoms with Crippen molar-refractivity contribution in [2.24, 2.45) is 13.0 Å². The van der Waals surface area contributed by atoms with Gasteiger partial charge >= 0.3 is 0 Å². The van der Waals surface area contributed by atoms with Crippen molar-refractivity contribution in [3.05, 3.63) is 59.2 Å². The third-order valence-corrected chi connectivity index (χ3v) is 8.57. The highest BCUT2D eigenvalue weighted by atomic mass is 32.1. The lowest BCUT2D eigenvalue weighted by Gasteiger charge is -2.27. The second-order valence-electron chi connectivity index (χ2n) is 9.96. The van der Waals surface area contributed by atoms with Gasteiger partial charge in [-0.15, -0.1) is 11.3 Å². The van der Waals surface area contributed by atoms with Gasteiger partial charge in [-0.05, 0) is 73.9 Å². The minimum atomic E-state index is 0.647. The Morgan fingerprint density at radius 3 is 2.76 bits per heavy atom. The van der Waals surface area contributed by atoms with Crippen LogP contribution in [0.15, 0.2) is 48.0 Å². The monoisotopic (exact) mass is 474 g/mol. The molecule has 5 nitrogen and oxygen atoms in total. The number of aryl methyl sites for hydroxylation is 2. The average Bonchev–Trinajstić information content (AvgIpc) is 3.60. The van der Waals surface area contributed by atoms with Gasteiger partial charge < -0.3 is 19.2 Å². The molecule has 3 aromatic heterocycles. The van der Waals surface area contributed by atoms with E-state index in [1.165, 1.54) is 52.9 Å². The van der Waals surface area contributed by atoms with E-state index in [2.05, 4.69) is 69.5 Å². The molecular formula is C28H34N4OS. The zero-order valence-corrected chi connectivity index (χ0v) is 20.8. The highest BCUT2D eigenvalue weighted by Crippen LogP contribution is 2.39. The van der Waals surface area contributed by atoms with E-state index < -0.39 is 0 Å². The summed E-state index contributed by atoms with van der Waals surface area (Å²) in [6, 6.07) is 13.3. The van der Waals surface area contributed by atoms with Crippen molar-refractivity contribution in [1.29, 1.82) is 0 Å². The van der Waals surface area contributed by atoms with Crippen LogP contribution < -0.4 is 10.1 Å². The lowest BCUT2D eigenvalue weighted by Crippen LogP contribution is -2.16. The number of hydrogen-bond acceptors (Lipinski definition) is 4. The van der Waals surface area contributed by atoms with Gasteiger partial charge in [-0.2, -0.15) is 0 Å². The zero-order chi connectivity index (χ0) is 22.9. The first kappa shape index (κ1) is 21.9. The Morgan fingerprint density at radius 2 is 2.03 bits per heavy atom. The molecule has 1 atom stereocenters. The molecule has 1 aliphatic heterocycles. The van der Waals surface area contributed by atoms with E-state index in [9.17, 15) is 0 Å². The van der Waals surface area contributed by atoms with Crippen molar-refractivity contribution in [3.8, 4) is 17.3 Å². The van der Waals surface area contributed by atoms with E-state index in [4.69, 9.17) is 9.72 Å². The molecule has 1 aliphatic carbocycles. The fraction of sp³-hybridized carbons (Fsp3) is 0.464. The molecule has 0 radical (unpaired) electrons. The summed E-state index contributed by atoms with van der Waals surface area (Å²) < 4.78 is 12.2. The molecule has 4 heterocycles. The Balaban J connectivity index is 1.14. The van der Waals surface area contributed by atoms with Gasteiger partial charge in [-0.25, -0.2) is 4.98 Å². The van der Waals surface area contributed by atoms with Crippen LogP contribution in [0, 0.1) is 5.92 Å². The molecule has 1 unspecified atom stereocenters. The molecular weight excluding hydrogens is 440 g/mol. The standard InChI is InChI=1S/C28H34N4OS/c1-31-24-12-15-34-27(24)16-25(31)28-30-18-26(22-5-2-6-22)32(28)14-3-4-20-7-9-23(10-8-20)33-19-21-11-13-29-17-21/h7-10,12,15-16,18,21-22,29H,2-6,11,13-14,17,19H2,1H3. The summed E-state index contributed by atoms with van der Waals surface area (Å²) in [5.41, 5.74) is 5.33. The molecule has 0 amide bonds. The number of rotatable bonds is 9. The van der Waals surface area contributed by atoms with Crippen molar-refractivity contribution in [2.45, 2.75) is 51.0 Å². The van der Waals surface area contributed by atoms with Crippen LogP contribution in [-0.4, -0.2) is 33.8 Å². The van der Waals surface area contributed by atoms with Crippen LogP contribution in [0.2, 0.25) is 0 Å². The van der Waals surface area contributed by atoms with Crippen molar-refractivity contribution in [2.75, 3.05) is 19.7 Å². The predicted octanol–water partition coefficient (Wildman–Crippen LogP) is 5.99. The average molecular weight is 475 g/mol. The SMILES string of the molecule is Cn1c(-c2ncc(C3CCC3)n2CCCc2ccc(OCC3CCNC3)cc2)cc2sccc21. The van der Waals surface area contributed by atoms with Crippen LogP contribution in [-0.2, 0) is 20.0 Å². The number of thiophene rings is 1. The molecule has 1 aromatic carbocycles. The molecule has 6 rings (SSSR count). The van der Waals surface area contributed by atoms with E-state index >= 15 is 0 Å². The van der Waals surface area contributed by atoms with E-state index in [1.807, 2.05) is 11.3 Å². The van der Waals surface area contributed by atoms with Crippen molar-refractivity contribution in [1.82, 2.24) is 19.4 Å². The van der Waals surface area contributed by atoms with Crippen LogP contribution in [0.25, 0.3) is 21.7 Å². The topological polar surface area (TPSA) is 44.0 Å². The van der Waals surface area contributed by atoms with Crippen LogP contribution in [0.1, 0.15) is 49.3 Å². The first-order valence-corrected chi connectivity index (χ1v) is 13.7. The van der Waals surface area contributed by atoms with Crippen LogP contribution in [0.5, 0.6) is 5.75 Å². The summed E-state index contributed by atoms with van der Waals surface area (Å²) in [7, 11) is 2.17. The number of imidazole rings is 1. The Kier molecular flexibility index (Phi) is 6.18. The molecule has 2 aliphatic rings. The van der Waals surface area contributed by atoms with E-state index in [0.717, 1.165) is 50.7 Å². The van der Waals surface area contributed by atoms with E-state index in [-0.39, 0.29) is 0 Å². The van der Waals surface area contributed by atoms with Crippen molar-refractivity contribution < 1.29 is 4.74 Å². The van der Waals surface area contributed by atoms with Crippen molar-refractivity contribution >= 4 is 21.6 Å². The maximum absolute atomic E-state index is 6.01. The maximum atomic E-state index is 6.01. The zero-order valence-electron chi connectivity index (χ0n) is 20.0. The Bertz CT molecular complexity index is 1240. The fourth-order valence-electron chi connectivity index (χ4n) is 5.39.